The summed E-state index contributed by atoms with van der Waals surface area (Å²) in [5.74, 6) is 0. The van der Waals surface area contributed by atoms with Crippen LogP contribution in [0.2, 0.25) is 0 Å². The van der Waals surface area contributed by atoms with Gasteiger partial charge in [-0.05, 0) is 36.8 Å². The van der Waals surface area contributed by atoms with Crippen LogP contribution < -0.4 is 11.1 Å². The van der Waals surface area contributed by atoms with E-state index in [-0.39, 0.29) is 6.04 Å². The number of hydrogen-bond donors (Lipinski definition) is 2. The van der Waals surface area contributed by atoms with Gasteiger partial charge in [0.05, 0.1) is 0 Å². The fourth-order valence-corrected chi connectivity index (χ4v) is 1.50. The van der Waals surface area contributed by atoms with Crippen LogP contribution in [0.4, 0.5) is 11.4 Å². The maximum Gasteiger partial charge on any atom is 0.0415 e. The van der Waals surface area contributed by atoms with Crippen LogP contribution in [0.3, 0.4) is 0 Å². The van der Waals surface area contributed by atoms with Crippen LogP contribution in [0, 0.1) is 0 Å². The Bertz CT molecular complexity index is 452. The minimum Gasteiger partial charge on any atom is -0.355 e. The van der Waals surface area contributed by atoms with Gasteiger partial charge < -0.3 is 11.1 Å². The lowest BCUT2D eigenvalue weighted by Crippen LogP contribution is -2.05. The van der Waals surface area contributed by atoms with Crippen molar-refractivity contribution in [2.24, 2.45) is 5.73 Å². The zero-order valence-electron chi connectivity index (χ0n) is 9.22. The van der Waals surface area contributed by atoms with Crippen molar-refractivity contribution >= 4 is 11.4 Å². The smallest absolute Gasteiger partial charge is 0.0415 e. The number of nitrogens with one attached hydrogen (secondary N) is 1. The normalized spacial score (nSPS) is 12.1. The van der Waals surface area contributed by atoms with Gasteiger partial charge >= 0.3 is 0 Å². The SMILES string of the molecule is CC(N)c1cccc(Nc2ccncc2)c1. The highest BCUT2D eigenvalue weighted by Crippen LogP contribution is 2.19. The molecule has 82 valence electrons. The van der Waals surface area contributed by atoms with Crippen LogP contribution in [-0.4, -0.2) is 4.98 Å². The number of nitrogens with two attached hydrogens (primary N) is 1. The Morgan fingerprint density at radius 2 is 1.88 bits per heavy atom. The Balaban J connectivity index is 2.19. The maximum atomic E-state index is 5.84. The van der Waals surface area contributed by atoms with Crippen LogP contribution in [0.5, 0.6) is 0 Å². The summed E-state index contributed by atoms with van der Waals surface area (Å²) in [6, 6.07) is 12.0. The molecule has 3 N–H and O–H groups in total. The molecule has 0 aliphatic rings. The lowest BCUT2D eigenvalue weighted by atomic mass is 10.1. The van der Waals surface area contributed by atoms with E-state index >= 15 is 0 Å². The van der Waals surface area contributed by atoms with E-state index in [2.05, 4.69) is 16.4 Å². The van der Waals surface area contributed by atoms with E-state index < -0.39 is 0 Å². The molecule has 1 heterocycles. The van der Waals surface area contributed by atoms with E-state index in [1.807, 2.05) is 37.3 Å². The molecule has 2 rings (SSSR count). The lowest BCUT2D eigenvalue weighted by Gasteiger charge is -2.10. The van der Waals surface area contributed by atoms with Crippen LogP contribution in [0.25, 0.3) is 0 Å². The van der Waals surface area contributed by atoms with E-state index in [1.165, 1.54) is 0 Å². The molecule has 0 radical (unpaired) electrons. The van der Waals surface area contributed by atoms with Gasteiger partial charge in [-0.3, -0.25) is 4.98 Å². The average Bonchev–Trinajstić information content (AvgIpc) is 2.30. The molecular weight excluding hydrogens is 198 g/mol. The largest absolute Gasteiger partial charge is 0.355 e. The first-order valence-corrected chi connectivity index (χ1v) is 5.28. The minimum atomic E-state index is 0.0548. The third-order valence-electron chi connectivity index (χ3n) is 2.38. The Kier molecular flexibility index (Phi) is 3.17. The standard InChI is InChI=1S/C13H15N3/c1-10(14)11-3-2-4-13(9-11)16-12-5-7-15-8-6-12/h2-10H,14H2,1H3,(H,15,16). The third-order valence-corrected chi connectivity index (χ3v) is 2.38. The van der Waals surface area contributed by atoms with Crippen molar-refractivity contribution in [3.63, 3.8) is 0 Å². The van der Waals surface area contributed by atoms with Crippen molar-refractivity contribution in [1.29, 1.82) is 0 Å². The van der Waals surface area contributed by atoms with Gasteiger partial charge in [0.1, 0.15) is 0 Å². The molecular formula is C13H15N3. The Labute approximate surface area is 95.3 Å². The monoisotopic (exact) mass is 213 g/mol. The highest BCUT2D eigenvalue weighted by molar-refractivity contribution is 5.59. The quantitative estimate of drug-likeness (QED) is 0.824. The van der Waals surface area contributed by atoms with Crippen molar-refractivity contribution in [3.05, 3.63) is 54.4 Å². The second-order valence-electron chi connectivity index (χ2n) is 3.78. The fraction of sp³-hybridized carbons (Fsp3) is 0.154. The lowest BCUT2D eigenvalue weighted by molar-refractivity contribution is 0.819. The van der Waals surface area contributed by atoms with E-state index in [0.717, 1.165) is 16.9 Å². The van der Waals surface area contributed by atoms with Crippen LogP contribution in [0.15, 0.2) is 48.8 Å². The predicted octanol–water partition coefficient (Wildman–Crippen LogP) is 2.84. The molecule has 0 bridgehead atoms. The summed E-state index contributed by atoms with van der Waals surface area (Å²) in [6.07, 6.45) is 3.52. The molecule has 0 saturated carbocycles. The molecule has 3 nitrogen and oxygen atoms in total. The number of rotatable bonds is 3. The highest BCUT2D eigenvalue weighted by atomic mass is 14.9. The van der Waals surface area contributed by atoms with E-state index in [9.17, 15) is 0 Å². The van der Waals surface area contributed by atoms with Crippen molar-refractivity contribution < 1.29 is 0 Å². The molecule has 0 aliphatic carbocycles. The molecule has 0 saturated heterocycles. The highest BCUT2D eigenvalue weighted by Gasteiger charge is 2.00. The zero-order chi connectivity index (χ0) is 11.4. The summed E-state index contributed by atoms with van der Waals surface area (Å²) in [7, 11) is 0. The summed E-state index contributed by atoms with van der Waals surface area (Å²) < 4.78 is 0. The van der Waals surface area contributed by atoms with Gasteiger partial charge in [0.25, 0.3) is 0 Å². The third kappa shape index (κ3) is 2.58. The summed E-state index contributed by atoms with van der Waals surface area (Å²) in [6.45, 7) is 1.98. The van der Waals surface area contributed by atoms with E-state index in [4.69, 9.17) is 5.73 Å². The fourth-order valence-electron chi connectivity index (χ4n) is 1.50. The van der Waals surface area contributed by atoms with Gasteiger partial charge in [0.2, 0.25) is 0 Å². The van der Waals surface area contributed by atoms with Crippen LogP contribution in [0.1, 0.15) is 18.5 Å². The number of nitrogens with zero attached hydrogens (tertiary/aromatic N) is 1. The maximum absolute atomic E-state index is 5.84. The Morgan fingerprint density at radius 3 is 2.56 bits per heavy atom. The second-order valence-corrected chi connectivity index (χ2v) is 3.78. The molecule has 1 unspecified atom stereocenters. The molecule has 3 heteroatoms. The topological polar surface area (TPSA) is 50.9 Å². The second kappa shape index (κ2) is 4.77. The van der Waals surface area contributed by atoms with Gasteiger partial charge in [0.15, 0.2) is 0 Å². The summed E-state index contributed by atoms with van der Waals surface area (Å²) in [5, 5.41) is 3.30. The molecule has 0 amide bonds. The average molecular weight is 213 g/mol. The van der Waals surface area contributed by atoms with Crippen LogP contribution >= 0.6 is 0 Å². The summed E-state index contributed by atoms with van der Waals surface area (Å²) >= 11 is 0. The number of pyridine rings is 1. The molecule has 1 aromatic carbocycles. The first-order valence-electron chi connectivity index (χ1n) is 5.28. The van der Waals surface area contributed by atoms with Gasteiger partial charge in [0, 0.05) is 29.8 Å². The predicted molar refractivity (Wildman–Crippen MR) is 66.6 cm³/mol. The van der Waals surface area contributed by atoms with E-state index in [1.54, 1.807) is 12.4 Å². The number of aromatic nitrogens is 1. The van der Waals surface area contributed by atoms with Crippen molar-refractivity contribution in [1.82, 2.24) is 4.98 Å². The van der Waals surface area contributed by atoms with Gasteiger partial charge in [-0.2, -0.15) is 0 Å². The molecule has 1 aromatic heterocycles. The van der Waals surface area contributed by atoms with Crippen LogP contribution in [-0.2, 0) is 0 Å². The molecule has 1 atom stereocenters. The van der Waals surface area contributed by atoms with Gasteiger partial charge in [-0.25, -0.2) is 0 Å². The molecule has 2 aromatic rings. The zero-order valence-corrected chi connectivity index (χ0v) is 9.22. The van der Waals surface area contributed by atoms with Gasteiger partial charge in [-0.1, -0.05) is 12.1 Å². The number of hydrogen-bond acceptors (Lipinski definition) is 3. The van der Waals surface area contributed by atoms with Gasteiger partial charge in [-0.15, -0.1) is 0 Å². The molecule has 16 heavy (non-hydrogen) atoms. The molecule has 0 aliphatic heterocycles. The number of anilines is 2. The van der Waals surface area contributed by atoms with Crippen molar-refractivity contribution in [2.45, 2.75) is 13.0 Å². The van der Waals surface area contributed by atoms with E-state index in [0.29, 0.717) is 0 Å². The van der Waals surface area contributed by atoms with Crippen molar-refractivity contribution in [2.75, 3.05) is 5.32 Å². The first kappa shape index (κ1) is 10.6. The Morgan fingerprint density at radius 1 is 1.12 bits per heavy atom. The Hall–Kier alpha value is -1.87. The first-order chi connectivity index (χ1) is 7.75. The minimum absolute atomic E-state index is 0.0548. The molecule has 0 fully saturated rings. The van der Waals surface area contributed by atoms with Crippen molar-refractivity contribution in [3.8, 4) is 0 Å². The summed E-state index contributed by atoms with van der Waals surface area (Å²) in [5.41, 5.74) is 9.03. The summed E-state index contributed by atoms with van der Waals surface area (Å²) in [4.78, 5) is 3.97. The number of benzene rings is 1. The molecule has 0 spiro atoms.